The van der Waals surface area contributed by atoms with Crippen LogP contribution in [0.15, 0.2) is 12.4 Å². The summed E-state index contributed by atoms with van der Waals surface area (Å²) in [5.74, 6) is 0.348. The topological polar surface area (TPSA) is 50.6 Å². The van der Waals surface area contributed by atoms with E-state index < -0.39 is 0 Å². The van der Waals surface area contributed by atoms with Gasteiger partial charge in [-0.05, 0) is 19.3 Å². The second kappa shape index (κ2) is 6.69. The zero-order valence-corrected chi connectivity index (χ0v) is 13.6. The molecule has 3 rings (SSSR count). The molecule has 2 fully saturated rings. The highest BCUT2D eigenvalue weighted by atomic mass is 16.5. The third kappa shape index (κ3) is 3.11. The van der Waals surface area contributed by atoms with Crippen molar-refractivity contribution in [1.82, 2.24) is 14.7 Å². The van der Waals surface area contributed by atoms with Crippen LogP contribution in [0.2, 0.25) is 0 Å². The van der Waals surface area contributed by atoms with Crippen molar-refractivity contribution in [3.8, 4) is 0 Å². The lowest BCUT2D eigenvalue weighted by atomic mass is 9.91. The summed E-state index contributed by atoms with van der Waals surface area (Å²) < 4.78 is 7.59. The van der Waals surface area contributed by atoms with Crippen molar-refractivity contribution in [3.05, 3.63) is 12.4 Å². The molecule has 2 aliphatic heterocycles. The first kappa shape index (κ1) is 15.3. The number of hydrogen-bond acceptors (Lipinski definition) is 4. The molecule has 0 N–H and O–H groups in total. The third-order valence-corrected chi connectivity index (χ3v) is 4.81. The van der Waals surface area contributed by atoms with Crippen molar-refractivity contribution in [2.45, 2.75) is 32.3 Å². The SMILES string of the molecule is CC[C@@H]1OCCC[C@@H]1C(=O)N1CCN(c2cnn(C)c2)CC1. The molecule has 2 atom stereocenters. The van der Waals surface area contributed by atoms with Crippen molar-refractivity contribution >= 4 is 11.6 Å². The number of amides is 1. The molecule has 0 radical (unpaired) electrons. The maximum atomic E-state index is 12.8. The van der Waals surface area contributed by atoms with Gasteiger partial charge < -0.3 is 14.5 Å². The van der Waals surface area contributed by atoms with Crippen molar-refractivity contribution in [2.24, 2.45) is 13.0 Å². The maximum Gasteiger partial charge on any atom is 0.228 e. The lowest BCUT2D eigenvalue weighted by Crippen LogP contribution is -2.52. The summed E-state index contributed by atoms with van der Waals surface area (Å²) in [4.78, 5) is 17.1. The van der Waals surface area contributed by atoms with E-state index in [1.807, 2.05) is 29.0 Å². The lowest BCUT2D eigenvalue weighted by molar-refractivity contribution is -0.145. The number of piperazine rings is 1. The Balaban J connectivity index is 1.57. The molecule has 1 amide bonds. The van der Waals surface area contributed by atoms with Gasteiger partial charge in [0.1, 0.15) is 0 Å². The van der Waals surface area contributed by atoms with Crippen LogP contribution >= 0.6 is 0 Å². The summed E-state index contributed by atoms with van der Waals surface area (Å²) in [6, 6.07) is 0. The Hall–Kier alpha value is -1.56. The normalized spacial score (nSPS) is 26.3. The van der Waals surface area contributed by atoms with Gasteiger partial charge >= 0.3 is 0 Å². The van der Waals surface area contributed by atoms with Gasteiger partial charge in [0.05, 0.1) is 23.9 Å². The number of hydrogen-bond donors (Lipinski definition) is 0. The molecule has 22 heavy (non-hydrogen) atoms. The molecular weight excluding hydrogens is 280 g/mol. The molecule has 0 saturated carbocycles. The number of aromatic nitrogens is 2. The first-order chi connectivity index (χ1) is 10.7. The van der Waals surface area contributed by atoms with Gasteiger partial charge in [-0.3, -0.25) is 9.48 Å². The van der Waals surface area contributed by atoms with Crippen LogP contribution in [-0.2, 0) is 16.6 Å². The number of rotatable bonds is 3. The van der Waals surface area contributed by atoms with Crippen molar-refractivity contribution in [1.29, 1.82) is 0 Å². The average Bonchev–Trinajstić information content (AvgIpc) is 3.01. The molecule has 0 spiro atoms. The van der Waals surface area contributed by atoms with E-state index in [1.165, 1.54) is 0 Å². The fraction of sp³-hybridized carbons (Fsp3) is 0.750. The second-order valence-corrected chi connectivity index (χ2v) is 6.25. The van der Waals surface area contributed by atoms with E-state index in [2.05, 4.69) is 16.9 Å². The molecule has 0 bridgehead atoms. The highest BCUT2D eigenvalue weighted by Gasteiger charge is 2.34. The number of ether oxygens (including phenoxy) is 1. The quantitative estimate of drug-likeness (QED) is 0.844. The Morgan fingerprint density at radius 3 is 2.77 bits per heavy atom. The summed E-state index contributed by atoms with van der Waals surface area (Å²) in [5, 5.41) is 4.22. The molecule has 0 unspecified atom stereocenters. The molecule has 0 aliphatic carbocycles. The van der Waals surface area contributed by atoms with E-state index in [0.717, 1.165) is 57.7 Å². The first-order valence-electron chi connectivity index (χ1n) is 8.33. The van der Waals surface area contributed by atoms with E-state index in [4.69, 9.17) is 4.74 Å². The predicted molar refractivity (Wildman–Crippen MR) is 84.8 cm³/mol. The van der Waals surface area contributed by atoms with E-state index in [0.29, 0.717) is 0 Å². The summed E-state index contributed by atoms with van der Waals surface area (Å²) in [5.41, 5.74) is 1.14. The largest absolute Gasteiger partial charge is 0.377 e. The van der Waals surface area contributed by atoms with Crippen LogP contribution in [0.1, 0.15) is 26.2 Å². The van der Waals surface area contributed by atoms with Crippen molar-refractivity contribution < 1.29 is 9.53 Å². The van der Waals surface area contributed by atoms with Crippen molar-refractivity contribution in [2.75, 3.05) is 37.7 Å². The molecule has 1 aromatic rings. The van der Waals surface area contributed by atoms with Gasteiger partial charge in [0, 0.05) is 46.0 Å². The van der Waals surface area contributed by atoms with E-state index in [1.54, 1.807) is 0 Å². The van der Waals surface area contributed by atoms with Crippen LogP contribution in [-0.4, -0.2) is 59.5 Å². The Morgan fingerprint density at radius 2 is 2.14 bits per heavy atom. The highest BCUT2D eigenvalue weighted by molar-refractivity contribution is 5.80. The van der Waals surface area contributed by atoms with Gasteiger partial charge in [-0.1, -0.05) is 6.92 Å². The first-order valence-corrected chi connectivity index (χ1v) is 8.33. The van der Waals surface area contributed by atoms with Crippen LogP contribution in [0.3, 0.4) is 0 Å². The second-order valence-electron chi connectivity index (χ2n) is 6.25. The van der Waals surface area contributed by atoms with E-state index >= 15 is 0 Å². The van der Waals surface area contributed by atoms with Crippen LogP contribution in [0.25, 0.3) is 0 Å². The number of anilines is 1. The molecule has 122 valence electrons. The Kier molecular flexibility index (Phi) is 4.66. The van der Waals surface area contributed by atoms with Gasteiger partial charge in [0.25, 0.3) is 0 Å². The molecule has 0 aromatic carbocycles. The minimum atomic E-state index is 0.0590. The smallest absolute Gasteiger partial charge is 0.228 e. The van der Waals surface area contributed by atoms with E-state index in [-0.39, 0.29) is 17.9 Å². The van der Waals surface area contributed by atoms with Gasteiger partial charge in [-0.2, -0.15) is 5.10 Å². The molecule has 2 saturated heterocycles. The average molecular weight is 306 g/mol. The summed E-state index contributed by atoms with van der Waals surface area (Å²) >= 11 is 0. The Bertz CT molecular complexity index is 508. The zero-order chi connectivity index (χ0) is 15.5. The van der Waals surface area contributed by atoms with Crippen molar-refractivity contribution in [3.63, 3.8) is 0 Å². The summed E-state index contributed by atoms with van der Waals surface area (Å²) in [6.45, 7) is 6.25. The Labute approximate surface area is 132 Å². The van der Waals surface area contributed by atoms with Crippen LogP contribution in [0.4, 0.5) is 5.69 Å². The standard InChI is InChI=1S/C16H26N4O2/c1-3-15-14(5-4-10-22-15)16(21)20-8-6-19(7-9-20)13-11-17-18(2)12-13/h11-12,14-15H,3-10H2,1-2H3/t14-,15-/m0/s1. The molecule has 3 heterocycles. The molecule has 6 nitrogen and oxygen atoms in total. The minimum absolute atomic E-state index is 0.0590. The minimum Gasteiger partial charge on any atom is -0.377 e. The number of nitrogens with zero attached hydrogens (tertiary/aromatic N) is 4. The molecular formula is C16H26N4O2. The number of carbonyl (C=O) groups is 1. The molecule has 6 heteroatoms. The third-order valence-electron chi connectivity index (χ3n) is 4.81. The van der Waals surface area contributed by atoms with Gasteiger partial charge in [0.15, 0.2) is 0 Å². The molecule has 1 aromatic heterocycles. The lowest BCUT2D eigenvalue weighted by Gasteiger charge is -2.39. The summed E-state index contributed by atoms with van der Waals surface area (Å²) in [7, 11) is 1.93. The van der Waals surface area contributed by atoms with Gasteiger partial charge in [0.2, 0.25) is 5.91 Å². The fourth-order valence-corrected chi connectivity index (χ4v) is 3.52. The zero-order valence-electron chi connectivity index (χ0n) is 13.6. The van der Waals surface area contributed by atoms with Crippen LogP contribution in [0, 0.1) is 5.92 Å². The number of aryl methyl sites for hydroxylation is 1. The molecule has 2 aliphatic rings. The number of carbonyl (C=O) groups excluding carboxylic acids is 1. The van der Waals surface area contributed by atoms with Gasteiger partial charge in [-0.25, -0.2) is 0 Å². The van der Waals surface area contributed by atoms with Gasteiger partial charge in [-0.15, -0.1) is 0 Å². The van der Waals surface area contributed by atoms with E-state index in [9.17, 15) is 4.79 Å². The monoisotopic (exact) mass is 306 g/mol. The Morgan fingerprint density at radius 1 is 1.36 bits per heavy atom. The van der Waals surface area contributed by atoms with Crippen LogP contribution < -0.4 is 4.90 Å². The van der Waals surface area contributed by atoms with Crippen LogP contribution in [0.5, 0.6) is 0 Å². The highest BCUT2D eigenvalue weighted by Crippen LogP contribution is 2.26. The summed E-state index contributed by atoms with van der Waals surface area (Å²) in [6.07, 6.45) is 6.92. The fourth-order valence-electron chi connectivity index (χ4n) is 3.52. The predicted octanol–water partition coefficient (Wildman–Crippen LogP) is 1.27. The maximum absolute atomic E-state index is 12.8.